The average Bonchev–Trinajstić information content (AvgIpc) is 2.94. The van der Waals surface area contributed by atoms with Gasteiger partial charge in [-0.3, -0.25) is 9.59 Å². The lowest BCUT2D eigenvalue weighted by Gasteiger charge is -2.33. The van der Waals surface area contributed by atoms with Gasteiger partial charge in [-0.15, -0.1) is 0 Å². The van der Waals surface area contributed by atoms with Gasteiger partial charge < -0.3 is 20.7 Å². The number of anilines is 2. The molecule has 0 fully saturated rings. The van der Waals surface area contributed by atoms with E-state index >= 15 is 0 Å². The molecule has 3 aromatic carbocycles. The van der Waals surface area contributed by atoms with E-state index in [9.17, 15) is 14.7 Å². The van der Waals surface area contributed by atoms with Crippen molar-refractivity contribution in [3.63, 3.8) is 0 Å². The second-order valence-electron chi connectivity index (χ2n) is 9.48. The number of nitrogens with one attached hydrogen (secondary N) is 1. The number of carbonyl (C=O) groups excluding carboxylic acids is 1. The van der Waals surface area contributed by atoms with Crippen LogP contribution in [0.5, 0.6) is 5.75 Å². The Morgan fingerprint density at radius 3 is 2.55 bits per heavy atom. The van der Waals surface area contributed by atoms with E-state index in [2.05, 4.69) is 28.9 Å². The fraction of sp³-hybridized carbons (Fsp3) is 0.226. The van der Waals surface area contributed by atoms with Crippen LogP contribution < -0.4 is 16.2 Å². The van der Waals surface area contributed by atoms with E-state index in [-0.39, 0.29) is 16.2 Å². The van der Waals surface area contributed by atoms with Crippen LogP contribution in [0.1, 0.15) is 47.8 Å². The van der Waals surface area contributed by atoms with Crippen LogP contribution >= 0.6 is 11.8 Å². The van der Waals surface area contributed by atoms with Crippen molar-refractivity contribution in [2.75, 3.05) is 11.4 Å². The number of hydrogen-bond acceptors (Lipinski definition) is 5. The standard InChI is InChI=1S/C31H31N3O3S/c1-2-3-13-25-27(34-19-8-10-21-9-4-7-14-26(21)34)28(35)29(31(37)33-25)38-22-17-15-20(16-18-22)23-11-5-6-12-24(23)30(32)36/h4-7,9,11-12,14-18H,2-3,8,10,13,19H2,1H3,(H2,32,36)(H2,33,35,37). The number of hydrogen-bond donors (Lipinski definition) is 3. The van der Waals surface area contributed by atoms with E-state index in [0.717, 1.165) is 59.6 Å². The minimum absolute atomic E-state index is 0.0182. The minimum Gasteiger partial charge on any atom is -0.504 e. The second-order valence-corrected chi connectivity index (χ2v) is 10.6. The fourth-order valence-electron chi connectivity index (χ4n) is 5.07. The highest BCUT2D eigenvalue weighted by Crippen LogP contribution is 2.44. The molecule has 0 saturated carbocycles. The third-order valence-corrected chi connectivity index (χ3v) is 8.02. The summed E-state index contributed by atoms with van der Waals surface area (Å²) in [6.07, 6.45) is 4.55. The molecule has 0 unspecified atom stereocenters. The summed E-state index contributed by atoms with van der Waals surface area (Å²) in [5, 5.41) is 11.6. The van der Waals surface area contributed by atoms with Crippen molar-refractivity contribution in [3.8, 4) is 16.9 Å². The maximum atomic E-state index is 13.2. The van der Waals surface area contributed by atoms with Gasteiger partial charge in [0.25, 0.3) is 5.56 Å². The van der Waals surface area contributed by atoms with Crippen LogP contribution in [-0.2, 0) is 12.8 Å². The van der Waals surface area contributed by atoms with E-state index in [1.165, 1.54) is 17.3 Å². The molecule has 4 aromatic rings. The lowest BCUT2D eigenvalue weighted by Crippen LogP contribution is -2.27. The Morgan fingerprint density at radius 1 is 1.05 bits per heavy atom. The highest BCUT2D eigenvalue weighted by Gasteiger charge is 2.26. The number of para-hydroxylation sites is 1. The zero-order valence-electron chi connectivity index (χ0n) is 21.4. The van der Waals surface area contributed by atoms with Gasteiger partial charge >= 0.3 is 0 Å². The molecule has 38 heavy (non-hydrogen) atoms. The molecule has 7 heteroatoms. The first kappa shape index (κ1) is 25.7. The number of aromatic nitrogens is 1. The number of H-pyrrole nitrogens is 1. The van der Waals surface area contributed by atoms with Gasteiger partial charge in [-0.1, -0.05) is 73.6 Å². The van der Waals surface area contributed by atoms with Gasteiger partial charge in [0.05, 0.1) is 0 Å². The number of amides is 1. The first-order valence-corrected chi connectivity index (χ1v) is 13.8. The normalized spacial score (nSPS) is 12.8. The number of unbranched alkanes of at least 4 members (excludes halogenated alkanes) is 1. The molecular weight excluding hydrogens is 494 g/mol. The monoisotopic (exact) mass is 525 g/mol. The molecule has 5 rings (SSSR count). The van der Waals surface area contributed by atoms with E-state index in [4.69, 9.17) is 5.73 Å². The molecule has 1 amide bonds. The van der Waals surface area contributed by atoms with Crippen molar-refractivity contribution in [2.24, 2.45) is 5.73 Å². The Bertz CT molecular complexity index is 1530. The van der Waals surface area contributed by atoms with E-state index in [1.54, 1.807) is 12.1 Å². The van der Waals surface area contributed by atoms with Crippen molar-refractivity contribution in [1.29, 1.82) is 0 Å². The lowest BCUT2D eigenvalue weighted by atomic mass is 9.99. The molecule has 0 radical (unpaired) electrons. The molecule has 0 bridgehead atoms. The maximum Gasteiger partial charge on any atom is 0.266 e. The second kappa shape index (κ2) is 11.2. The summed E-state index contributed by atoms with van der Waals surface area (Å²) in [5.41, 5.74) is 11.1. The maximum absolute atomic E-state index is 13.2. The minimum atomic E-state index is -0.481. The Morgan fingerprint density at radius 2 is 1.79 bits per heavy atom. The molecule has 6 nitrogen and oxygen atoms in total. The van der Waals surface area contributed by atoms with Gasteiger partial charge in [0.15, 0.2) is 5.75 Å². The first-order valence-electron chi connectivity index (χ1n) is 13.0. The molecule has 1 aliphatic rings. The van der Waals surface area contributed by atoms with Crippen LogP contribution in [0.15, 0.2) is 87.4 Å². The Balaban J connectivity index is 1.53. The van der Waals surface area contributed by atoms with Crippen LogP contribution in [0.3, 0.4) is 0 Å². The predicted molar refractivity (Wildman–Crippen MR) is 154 cm³/mol. The van der Waals surface area contributed by atoms with Crippen LogP contribution in [0, 0.1) is 0 Å². The fourth-order valence-corrected chi connectivity index (χ4v) is 5.91. The predicted octanol–water partition coefficient (Wildman–Crippen LogP) is 6.42. The summed E-state index contributed by atoms with van der Waals surface area (Å²) in [5.74, 6) is -0.463. The summed E-state index contributed by atoms with van der Waals surface area (Å²) >= 11 is 1.24. The van der Waals surface area contributed by atoms with Crippen LogP contribution in [0.25, 0.3) is 11.1 Å². The number of nitrogens with two attached hydrogens (primary N) is 1. The lowest BCUT2D eigenvalue weighted by molar-refractivity contribution is 0.100. The quantitative estimate of drug-likeness (QED) is 0.246. The Hall–Kier alpha value is -3.97. The molecule has 1 aromatic heterocycles. The number of fused-ring (bicyclic) bond motifs is 1. The molecule has 1 aliphatic heterocycles. The molecule has 2 heterocycles. The SMILES string of the molecule is CCCCc1[nH]c(=O)c(Sc2ccc(-c3ccccc3C(N)=O)cc2)c(O)c1N1CCCc2ccccc21. The molecule has 0 saturated heterocycles. The van der Waals surface area contributed by atoms with E-state index in [1.807, 2.05) is 48.5 Å². The number of benzene rings is 3. The number of primary amides is 1. The molecule has 0 spiro atoms. The van der Waals surface area contributed by atoms with Gasteiger partial charge in [-0.25, -0.2) is 0 Å². The smallest absolute Gasteiger partial charge is 0.266 e. The third-order valence-electron chi connectivity index (χ3n) is 6.93. The molecule has 0 aliphatic carbocycles. The molecule has 4 N–H and O–H groups in total. The summed E-state index contributed by atoms with van der Waals surface area (Å²) in [4.78, 5) is 31.4. The summed E-state index contributed by atoms with van der Waals surface area (Å²) in [6, 6.07) is 23.0. The average molecular weight is 526 g/mol. The zero-order valence-corrected chi connectivity index (χ0v) is 22.2. The molecular formula is C31H31N3O3S. The largest absolute Gasteiger partial charge is 0.504 e. The van der Waals surface area contributed by atoms with Crippen molar-refractivity contribution in [3.05, 3.63) is 100.0 Å². The van der Waals surface area contributed by atoms with Crippen molar-refractivity contribution in [1.82, 2.24) is 4.98 Å². The topological polar surface area (TPSA) is 99.4 Å². The first-order chi connectivity index (χ1) is 18.5. The number of aromatic hydroxyl groups is 1. The third kappa shape index (κ3) is 5.07. The zero-order chi connectivity index (χ0) is 26.6. The summed E-state index contributed by atoms with van der Waals surface area (Å²) in [6.45, 7) is 2.89. The summed E-state index contributed by atoms with van der Waals surface area (Å²) < 4.78 is 0. The van der Waals surface area contributed by atoms with Crippen LogP contribution in [0.4, 0.5) is 11.4 Å². The van der Waals surface area contributed by atoms with Gasteiger partial charge in [0.1, 0.15) is 10.6 Å². The van der Waals surface area contributed by atoms with Crippen LogP contribution in [0.2, 0.25) is 0 Å². The van der Waals surface area contributed by atoms with Crippen LogP contribution in [-0.4, -0.2) is 22.5 Å². The van der Waals surface area contributed by atoms with Crippen molar-refractivity contribution < 1.29 is 9.90 Å². The number of nitrogens with zero attached hydrogens (tertiary/aromatic N) is 1. The van der Waals surface area contributed by atoms with Gasteiger partial charge in [-0.2, -0.15) is 0 Å². The number of aromatic amines is 1. The van der Waals surface area contributed by atoms with E-state index < -0.39 is 5.91 Å². The van der Waals surface area contributed by atoms with Gasteiger partial charge in [-0.05, 0) is 66.6 Å². The number of pyridine rings is 1. The Labute approximate surface area is 226 Å². The highest BCUT2D eigenvalue weighted by molar-refractivity contribution is 7.99. The number of rotatable bonds is 8. The number of carbonyl (C=O) groups is 1. The highest BCUT2D eigenvalue weighted by atomic mass is 32.2. The summed E-state index contributed by atoms with van der Waals surface area (Å²) in [7, 11) is 0. The van der Waals surface area contributed by atoms with Gasteiger partial charge in [0.2, 0.25) is 5.91 Å². The van der Waals surface area contributed by atoms with Gasteiger partial charge in [0, 0.05) is 28.4 Å². The molecule has 194 valence electrons. The molecule has 0 atom stereocenters. The number of aryl methyl sites for hydroxylation is 2. The van der Waals surface area contributed by atoms with Crippen molar-refractivity contribution in [2.45, 2.75) is 48.8 Å². The van der Waals surface area contributed by atoms with Crippen molar-refractivity contribution >= 4 is 29.0 Å². The van der Waals surface area contributed by atoms with E-state index in [0.29, 0.717) is 17.7 Å². The Kier molecular flexibility index (Phi) is 7.56.